The van der Waals surface area contributed by atoms with E-state index in [0.29, 0.717) is 34.7 Å². The maximum atomic E-state index is 13.4. The van der Waals surface area contributed by atoms with Crippen molar-refractivity contribution in [2.24, 2.45) is 0 Å². The molecule has 8 heteroatoms. The van der Waals surface area contributed by atoms with Crippen LogP contribution in [0.25, 0.3) is 0 Å². The summed E-state index contributed by atoms with van der Waals surface area (Å²) >= 11 is 0. The number of nitrogens with zero attached hydrogens (tertiary/aromatic N) is 3. The molecule has 1 N–H and O–H groups in total. The van der Waals surface area contributed by atoms with Crippen molar-refractivity contribution in [1.29, 1.82) is 0 Å². The van der Waals surface area contributed by atoms with Crippen LogP contribution in [0, 0.1) is 0 Å². The van der Waals surface area contributed by atoms with Crippen LogP contribution in [-0.4, -0.2) is 33.5 Å². The van der Waals surface area contributed by atoms with Gasteiger partial charge in [0.15, 0.2) is 0 Å². The van der Waals surface area contributed by atoms with Gasteiger partial charge in [0.25, 0.3) is 0 Å². The molecule has 3 rings (SSSR count). The van der Waals surface area contributed by atoms with Crippen LogP contribution in [0.3, 0.4) is 0 Å². The molecule has 210 valence electrons. The maximum absolute atomic E-state index is 13.4. The number of fused-ring (bicyclic) bond motifs is 2. The Bertz CT molecular complexity index is 1090. The van der Waals surface area contributed by atoms with Crippen LogP contribution in [0.15, 0.2) is 49.2 Å². The first-order valence-electron chi connectivity index (χ1n) is 13.2. The fourth-order valence-corrected chi connectivity index (χ4v) is 3.54. The monoisotopic (exact) mass is 527 g/mol. The molecule has 2 heterocycles. The quantitative estimate of drug-likeness (QED) is 0.406. The normalized spacial score (nSPS) is 13.2. The van der Waals surface area contributed by atoms with Crippen LogP contribution in [0.4, 0.5) is 26.8 Å². The van der Waals surface area contributed by atoms with Crippen LogP contribution in [0.2, 0.25) is 0 Å². The molecule has 0 spiro atoms. The Kier molecular flexibility index (Phi) is 12.0. The van der Waals surface area contributed by atoms with E-state index in [1.165, 1.54) is 9.80 Å². The van der Waals surface area contributed by atoms with Gasteiger partial charge in [0.2, 0.25) is 0 Å². The third kappa shape index (κ3) is 8.58. The minimum atomic E-state index is -0.818. The maximum Gasteiger partial charge on any atom is 0.420 e. The molecule has 1 atom stereocenters. The number of amides is 2. The highest BCUT2D eigenvalue weighted by atomic mass is 16.6. The molecular weight excluding hydrogens is 482 g/mol. The molecule has 1 aliphatic rings. The van der Waals surface area contributed by atoms with Crippen LogP contribution < -0.4 is 9.80 Å². The summed E-state index contributed by atoms with van der Waals surface area (Å²) < 4.78 is 11.4. The fraction of sp³-hybridized carbons (Fsp3) is 0.500. The van der Waals surface area contributed by atoms with E-state index in [-0.39, 0.29) is 6.54 Å². The smallest absolute Gasteiger partial charge is 0.420 e. The van der Waals surface area contributed by atoms with Crippen LogP contribution in [-0.2, 0) is 16.0 Å². The highest BCUT2D eigenvalue weighted by Gasteiger charge is 2.36. The van der Waals surface area contributed by atoms with Crippen molar-refractivity contribution in [2.75, 3.05) is 9.80 Å². The molecule has 1 unspecified atom stereocenters. The minimum Gasteiger partial charge on any atom is -0.443 e. The predicted molar refractivity (Wildman–Crippen MR) is 154 cm³/mol. The van der Waals surface area contributed by atoms with Crippen LogP contribution in [0.5, 0.6) is 0 Å². The lowest BCUT2D eigenvalue weighted by Crippen LogP contribution is -2.37. The second-order valence-corrected chi connectivity index (χ2v) is 10.2. The highest BCUT2D eigenvalue weighted by Crippen LogP contribution is 2.42. The summed E-state index contributed by atoms with van der Waals surface area (Å²) in [6.45, 7) is 22.5. The van der Waals surface area contributed by atoms with Crippen molar-refractivity contribution in [3.05, 3.63) is 60.3 Å². The number of benzene rings is 1. The lowest BCUT2D eigenvalue weighted by Gasteiger charge is -2.30. The van der Waals surface area contributed by atoms with E-state index >= 15 is 0 Å². The zero-order valence-electron chi connectivity index (χ0n) is 24.7. The summed E-state index contributed by atoms with van der Waals surface area (Å²) in [4.78, 5) is 34.0. The third-order valence-electron chi connectivity index (χ3n) is 4.90. The molecule has 0 radical (unpaired) electrons. The number of aromatic nitrogens is 1. The lowest BCUT2D eigenvalue weighted by atomic mass is 10.0. The van der Waals surface area contributed by atoms with E-state index < -0.39 is 29.5 Å². The third-order valence-corrected chi connectivity index (χ3v) is 4.90. The van der Waals surface area contributed by atoms with Gasteiger partial charge in [0.1, 0.15) is 17.0 Å². The summed E-state index contributed by atoms with van der Waals surface area (Å²) in [6, 6.07) is 8.63. The molecule has 38 heavy (non-hydrogen) atoms. The van der Waals surface area contributed by atoms with Crippen LogP contribution >= 0.6 is 0 Å². The minimum absolute atomic E-state index is 0.116. The number of carbonyl (C=O) groups excluding carboxylic acids is 2. The summed E-state index contributed by atoms with van der Waals surface area (Å²) in [6.07, 6.45) is 1.52. The highest BCUT2D eigenvalue weighted by molar-refractivity contribution is 6.04. The van der Waals surface area contributed by atoms with Gasteiger partial charge < -0.3 is 14.6 Å². The summed E-state index contributed by atoms with van der Waals surface area (Å²) in [5.41, 5.74) is 0.542. The van der Waals surface area contributed by atoms with Gasteiger partial charge in [0, 0.05) is 11.8 Å². The first-order chi connectivity index (χ1) is 17.8. The Morgan fingerprint density at radius 3 is 2.13 bits per heavy atom. The molecule has 1 aromatic carbocycles. The molecule has 1 aromatic heterocycles. The number of rotatable bonds is 3. The molecule has 0 bridgehead atoms. The molecule has 2 amide bonds. The Morgan fingerprint density at radius 2 is 1.58 bits per heavy atom. The number of carbonyl (C=O) groups is 2. The van der Waals surface area contributed by atoms with Gasteiger partial charge in [-0.1, -0.05) is 45.9 Å². The van der Waals surface area contributed by atoms with Crippen molar-refractivity contribution in [3.63, 3.8) is 0 Å². The van der Waals surface area contributed by atoms with Gasteiger partial charge in [0.05, 0.1) is 24.0 Å². The number of hydrogen-bond acceptors (Lipinski definition) is 6. The van der Waals surface area contributed by atoms with E-state index in [1.807, 2.05) is 27.7 Å². The van der Waals surface area contributed by atoms with Gasteiger partial charge in [-0.05, 0) is 71.7 Å². The first-order valence-corrected chi connectivity index (χ1v) is 13.2. The summed E-state index contributed by atoms with van der Waals surface area (Å²) in [5.74, 6) is 0.364. The Labute approximate surface area is 228 Å². The topological polar surface area (TPSA) is 92.2 Å². The van der Waals surface area contributed by atoms with E-state index in [0.717, 1.165) is 0 Å². The van der Waals surface area contributed by atoms with Gasteiger partial charge in [-0.25, -0.2) is 19.5 Å². The zero-order chi connectivity index (χ0) is 29.3. The van der Waals surface area contributed by atoms with Crippen molar-refractivity contribution in [3.8, 4) is 0 Å². The molecule has 8 nitrogen and oxygen atoms in total. The van der Waals surface area contributed by atoms with Crippen molar-refractivity contribution in [2.45, 2.75) is 99.5 Å². The van der Waals surface area contributed by atoms with Gasteiger partial charge >= 0.3 is 12.2 Å². The molecular formula is C30H45N3O5. The average molecular weight is 528 g/mol. The van der Waals surface area contributed by atoms with E-state index in [2.05, 4.69) is 11.6 Å². The number of anilines is 3. The van der Waals surface area contributed by atoms with Gasteiger partial charge in [-0.15, -0.1) is 6.58 Å². The Balaban J connectivity index is 0.00000172. The fourth-order valence-electron chi connectivity index (χ4n) is 3.54. The molecule has 2 aromatic rings. The Hall–Kier alpha value is -3.39. The number of ether oxygens (including phenoxy) is 2. The second kappa shape index (κ2) is 14.0. The molecule has 0 saturated carbocycles. The zero-order valence-corrected chi connectivity index (χ0v) is 24.7. The largest absolute Gasteiger partial charge is 0.443 e. The molecule has 0 fully saturated rings. The number of hydrogen-bond donors (Lipinski definition) is 1. The van der Waals surface area contributed by atoms with E-state index in [1.54, 1.807) is 84.1 Å². The molecule has 1 aliphatic heterocycles. The Morgan fingerprint density at radius 1 is 1.00 bits per heavy atom. The lowest BCUT2D eigenvalue weighted by molar-refractivity contribution is 0.0571. The molecule has 0 saturated heterocycles. The summed E-state index contributed by atoms with van der Waals surface area (Å²) in [7, 11) is 0. The first kappa shape index (κ1) is 32.6. The van der Waals surface area contributed by atoms with E-state index in [9.17, 15) is 14.7 Å². The number of aliphatic hydroxyl groups excluding tert-OH is 1. The van der Waals surface area contributed by atoms with Crippen molar-refractivity contribution >= 4 is 29.4 Å². The standard InChI is InChI=1S/C26H33N3O5.2C2H6/c1-8-10-21(30)17-12-13-19-20(15-17)28(23(31)33-25(2,3)4)16-18-11-9-14-27-22(18)29(19)24(32)34-26(5,6)7;2*1-2/h8-9,11-15,21,30H,1,10,16H2,2-7H3;2*1-2H3. The SMILES string of the molecule is C=CCC(O)c1ccc2c(c1)N(C(=O)OC(C)(C)C)Cc1cccnc1N2C(=O)OC(C)(C)C.CC.CC. The molecule has 0 aliphatic carbocycles. The average Bonchev–Trinajstić information content (AvgIpc) is 2.99. The van der Waals surface area contributed by atoms with E-state index in [4.69, 9.17) is 9.47 Å². The predicted octanol–water partition coefficient (Wildman–Crippen LogP) is 8.07. The summed E-state index contributed by atoms with van der Waals surface area (Å²) in [5, 5.41) is 10.6. The van der Waals surface area contributed by atoms with Crippen molar-refractivity contribution < 1.29 is 24.2 Å². The number of pyridine rings is 1. The number of aliphatic hydroxyl groups is 1. The van der Waals surface area contributed by atoms with Gasteiger partial charge in [-0.2, -0.15) is 0 Å². The van der Waals surface area contributed by atoms with Crippen molar-refractivity contribution in [1.82, 2.24) is 4.98 Å². The van der Waals surface area contributed by atoms with Gasteiger partial charge in [-0.3, -0.25) is 4.90 Å². The van der Waals surface area contributed by atoms with Crippen LogP contribution in [0.1, 0.15) is 92.9 Å². The second-order valence-electron chi connectivity index (χ2n) is 10.2.